The van der Waals surface area contributed by atoms with Crippen molar-refractivity contribution in [1.82, 2.24) is 0 Å². The maximum Gasteiger partial charge on any atom is 0.224 e. The zero-order chi connectivity index (χ0) is 19.6. The highest BCUT2D eigenvalue weighted by molar-refractivity contribution is 5.90. The second kappa shape index (κ2) is 10.2. The van der Waals surface area contributed by atoms with Gasteiger partial charge in [-0.1, -0.05) is 48.0 Å². The van der Waals surface area contributed by atoms with Crippen molar-refractivity contribution in [3.8, 4) is 11.5 Å². The molecule has 0 radical (unpaired) electrons. The van der Waals surface area contributed by atoms with Gasteiger partial charge in [0, 0.05) is 12.1 Å². The first-order chi connectivity index (χ1) is 13.7. The van der Waals surface area contributed by atoms with Crippen LogP contribution >= 0.6 is 0 Å². The molecule has 0 saturated carbocycles. The topological polar surface area (TPSA) is 47.6 Å². The van der Waals surface area contributed by atoms with Gasteiger partial charge in [-0.25, -0.2) is 0 Å². The van der Waals surface area contributed by atoms with Crippen molar-refractivity contribution in [2.45, 2.75) is 26.4 Å². The first kappa shape index (κ1) is 19.5. The lowest BCUT2D eigenvalue weighted by Crippen LogP contribution is -2.12. The second-order valence-electron chi connectivity index (χ2n) is 6.61. The minimum absolute atomic E-state index is 0.0227. The molecule has 0 bridgehead atoms. The van der Waals surface area contributed by atoms with E-state index >= 15 is 0 Å². The van der Waals surface area contributed by atoms with Crippen molar-refractivity contribution >= 4 is 11.6 Å². The number of hydrogen-bond acceptors (Lipinski definition) is 3. The Morgan fingerprint density at radius 1 is 0.821 bits per heavy atom. The molecule has 0 atom stereocenters. The maximum absolute atomic E-state index is 12.1. The SMILES string of the molecule is Cc1ccc(OCCCC(=O)Nc2ccc(OCc3ccccc3)cc2)cc1. The van der Waals surface area contributed by atoms with E-state index in [1.165, 1.54) is 5.56 Å². The summed E-state index contributed by atoms with van der Waals surface area (Å²) in [6, 6.07) is 25.3. The molecule has 144 valence electrons. The summed E-state index contributed by atoms with van der Waals surface area (Å²) in [4.78, 5) is 12.1. The first-order valence-electron chi connectivity index (χ1n) is 9.45. The average Bonchev–Trinajstić information content (AvgIpc) is 2.73. The van der Waals surface area contributed by atoms with Gasteiger partial charge in [-0.15, -0.1) is 0 Å². The number of nitrogens with one attached hydrogen (secondary N) is 1. The Hall–Kier alpha value is -3.27. The summed E-state index contributed by atoms with van der Waals surface area (Å²) in [7, 11) is 0. The fourth-order valence-corrected chi connectivity index (χ4v) is 2.66. The Labute approximate surface area is 166 Å². The van der Waals surface area contributed by atoms with E-state index < -0.39 is 0 Å². The average molecular weight is 375 g/mol. The Morgan fingerprint density at radius 2 is 1.46 bits per heavy atom. The van der Waals surface area contributed by atoms with E-state index in [9.17, 15) is 4.79 Å². The number of ether oxygens (including phenoxy) is 2. The Balaban J connectivity index is 1.36. The largest absolute Gasteiger partial charge is 0.494 e. The van der Waals surface area contributed by atoms with E-state index in [0.717, 1.165) is 22.7 Å². The van der Waals surface area contributed by atoms with Crippen molar-refractivity contribution in [3.05, 3.63) is 90.0 Å². The molecule has 1 amide bonds. The maximum atomic E-state index is 12.1. The predicted molar refractivity (Wildman–Crippen MR) is 112 cm³/mol. The lowest BCUT2D eigenvalue weighted by atomic mass is 10.2. The summed E-state index contributed by atoms with van der Waals surface area (Å²) in [6.07, 6.45) is 1.08. The minimum Gasteiger partial charge on any atom is -0.494 e. The molecule has 3 aromatic carbocycles. The molecule has 0 aliphatic heterocycles. The van der Waals surface area contributed by atoms with Crippen molar-refractivity contribution in [2.24, 2.45) is 0 Å². The van der Waals surface area contributed by atoms with Gasteiger partial charge in [0.1, 0.15) is 18.1 Å². The highest BCUT2D eigenvalue weighted by atomic mass is 16.5. The van der Waals surface area contributed by atoms with Crippen LogP contribution < -0.4 is 14.8 Å². The zero-order valence-corrected chi connectivity index (χ0v) is 16.1. The fourth-order valence-electron chi connectivity index (χ4n) is 2.66. The molecule has 0 unspecified atom stereocenters. The molecule has 3 rings (SSSR count). The molecule has 4 heteroatoms. The summed E-state index contributed by atoms with van der Waals surface area (Å²) in [6.45, 7) is 3.08. The molecule has 28 heavy (non-hydrogen) atoms. The van der Waals surface area contributed by atoms with Gasteiger partial charge in [0.25, 0.3) is 0 Å². The van der Waals surface area contributed by atoms with E-state index in [1.807, 2.05) is 85.8 Å². The number of aryl methyl sites for hydroxylation is 1. The molecule has 0 fully saturated rings. The van der Waals surface area contributed by atoms with Crippen LogP contribution in [0, 0.1) is 6.92 Å². The van der Waals surface area contributed by atoms with E-state index in [4.69, 9.17) is 9.47 Å². The number of rotatable bonds is 9. The summed E-state index contributed by atoms with van der Waals surface area (Å²) in [5, 5.41) is 2.90. The van der Waals surface area contributed by atoms with Gasteiger partial charge in [0.05, 0.1) is 6.61 Å². The molecule has 0 saturated heterocycles. The second-order valence-corrected chi connectivity index (χ2v) is 6.61. The quantitative estimate of drug-likeness (QED) is 0.511. The number of benzene rings is 3. The minimum atomic E-state index is -0.0227. The van der Waals surface area contributed by atoms with Crippen LogP contribution in [0.5, 0.6) is 11.5 Å². The molecule has 4 nitrogen and oxygen atoms in total. The van der Waals surface area contributed by atoms with Crippen molar-refractivity contribution in [2.75, 3.05) is 11.9 Å². The van der Waals surface area contributed by atoms with Crippen molar-refractivity contribution in [1.29, 1.82) is 0 Å². The molecule has 3 aromatic rings. The van der Waals surface area contributed by atoms with Gasteiger partial charge in [0.2, 0.25) is 5.91 Å². The Bertz CT molecular complexity index is 859. The van der Waals surface area contributed by atoms with Crippen molar-refractivity contribution in [3.63, 3.8) is 0 Å². The third kappa shape index (κ3) is 6.47. The van der Waals surface area contributed by atoms with Crippen LogP contribution in [0.25, 0.3) is 0 Å². The van der Waals surface area contributed by atoms with Gasteiger partial charge in [-0.2, -0.15) is 0 Å². The number of amides is 1. The predicted octanol–water partition coefficient (Wildman–Crippen LogP) is 5.37. The standard InChI is InChI=1S/C24H25NO3/c1-19-9-13-22(14-10-19)27-17-5-8-24(26)25-21-11-15-23(16-12-21)28-18-20-6-3-2-4-7-20/h2-4,6-7,9-16H,5,8,17-18H2,1H3,(H,25,26). The summed E-state index contributed by atoms with van der Waals surface area (Å²) in [5.41, 5.74) is 3.08. The van der Waals surface area contributed by atoms with Crippen molar-refractivity contribution < 1.29 is 14.3 Å². The molecule has 0 heterocycles. The molecule has 0 aromatic heterocycles. The third-order valence-electron chi connectivity index (χ3n) is 4.22. The van der Waals surface area contributed by atoms with Gasteiger partial charge < -0.3 is 14.8 Å². The van der Waals surface area contributed by atoms with Gasteiger partial charge in [0.15, 0.2) is 0 Å². The van der Waals surface area contributed by atoms with Crippen LogP contribution in [0.3, 0.4) is 0 Å². The Morgan fingerprint density at radius 3 is 2.18 bits per heavy atom. The van der Waals surface area contributed by atoms with Crippen LogP contribution in [0.1, 0.15) is 24.0 Å². The fraction of sp³-hybridized carbons (Fsp3) is 0.208. The lowest BCUT2D eigenvalue weighted by Gasteiger charge is -2.09. The zero-order valence-electron chi connectivity index (χ0n) is 16.1. The van der Waals surface area contributed by atoms with Crippen LogP contribution in [-0.2, 0) is 11.4 Å². The van der Waals surface area contributed by atoms with Gasteiger partial charge in [-0.05, 0) is 55.3 Å². The number of hydrogen-bond donors (Lipinski definition) is 1. The number of anilines is 1. The highest BCUT2D eigenvalue weighted by Gasteiger charge is 2.04. The van der Waals surface area contributed by atoms with Crippen LogP contribution in [0.4, 0.5) is 5.69 Å². The van der Waals surface area contributed by atoms with Gasteiger partial charge >= 0.3 is 0 Å². The number of carbonyl (C=O) groups is 1. The van der Waals surface area contributed by atoms with E-state index in [1.54, 1.807) is 0 Å². The lowest BCUT2D eigenvalue weighted by molar-refractivity contribution is -0.116. The normalized spacial score (nSPS) is 10.3. The third-order valence-corrected chi connectivity index (χ3v) is 4.22. The highest BCUT2D eigenvalue weighted by Crippen LogP contribution is 2.17. The molecule has 0 aliphatic carbocycles. The molecule has 0 aliphatic rings. The summed E-state index contributed by atoms with van der Waals surface area (Å²) >= 11 is 0. The summed E-state index contributed by atoms with van der Waals surface area (Å²) < 4.78 is 11.4. The van der Waals surface area contributed by atoms with E-state index in [-0.39, 0.29) is 5.91 Å². The number of carbonyl (C=O) groups excluding carboxylic acids is 1. The van der Waals surface area contributed by atoms with E-state index in [2.05, 4.69) is 5.32 Å². The van der Waals surface area contributed by atoms with Crippen LogP contribution in [0.2, 0.25) is 0 Å². The molecule has 0 spiro atoms. The van der Waals surface area contributed by atoms with E-state index in [0.29, 0.717) is 26.1 Å². The first-order valence-corrected chi connectivity index (χ1v) is 9.45. The molecular weight excluding hydrogens is 350 g/mol. The monoisotopic (exact) mass is 375 g/mol. The molecule has 1 N–H and O–H groups in total. The van der Waals surface area contributed by atoms with Crippen LogP contribution in [0.15, 0.2) is 78.9 Å². The smallest absolute Gasteiger partial charge is 0.224 e. The van der Waals surface area contributed by atoms with Gasteiger partial charge in [-0.3, -0.25) is 4.79 Å². The van der Waals surface area contributed by atoms with Crippen LogP contribution in [-0.4, -0.2) is 12.5 Å². The summed E-state index contributed by atoms with van der Waals surface area (Å²) in [5.74, 6) is 1.58. The Kier molecular flexibility index (Phi) is 7.08. The molecular formula is C24H25NO3.